The van der Waals surface area contributed by atoms with Crippen LogP contribution in [-0.2, 0) is 9.53 Å². The Bertz CT molecular complexity index is 807. The van der Waals surface area contributed by atoms with Gasteiger partial charge in [0.15, 0.2) is 6.10 Å². The lowest BCUT2D eigenvalue weighted by atomic mass is 10.2. The zero-order valence-corrected chi connectivity index (χ0v) is 14.3. The summed E-state index contributed by atoms with van der Waals surface area (Å²) in [6.45, 7) is 1.51. The molecule has 2 aromatic rings. The Kier molecular flexibility index (Phi) is 5.75. The van der Waals surface area contributed by atoms with Crippen molar-refractivity contribution in [2.75, 3.05) is 24.3 Å². The maximum atomic E-state index is 12.2. The predicted molar refractivity (Wildman–Crippen MR) is 95.4 cm³/mol. The van der Waals surface area contributed by atoms with Gasteiger partial charge in [-0.25, -0.2) is 4.79 Å². The van der Waals surface area contributed by atoms with Crippen molar-refractivity contribution >= 4 is 23.3 Å². The second-order valence-corrected chi connectivity index (χ2v) is 5.67. The lowest BCUT2D eigenvalue weighted by molar-refractivity contribution is -0.123. The fourth-order valence-electron chi connectivity index (χ4n) is 2.07. The van der Waals surface area contributed by atoms with Crippen molar-refractivity contribution in [3.8, 4) is 6.07 Å². The number of nitrogens with one attached hydrogen (secondary N) is 1. The van der Waals surface area contributed by atoms with Crippen LogP contribution in [-0.4, -0.2) is 32.1 Å². The minimum atomic E-state index is -0.953. The fourth-order valence-corrected chi connectivity index (χ4v) is 2.07. The smallest absolute Gasteiger partial charge is 0.338 e. The average Bonchev–Trinajstić information content (AvgIpc) is 2.62. The van der Waals surface area contributed by atoms with E-state index in [2.05, 4.69) is 5.32 Å². The highest BCUT2D eigenvalue weighted by Crippen LogP contribution is 2.15. The monoisotopic (exact) mass is 337 g/mol. The Balaban J connectivity index is 1.99. The van der Waals surface area contributed by atoms with Crippen molar-refractivity contribution in [1.82, 2.24) is 0 Å². The highest BCUT2D eigenvalue weighted by Gasteiger charge is 2.19. The number of carbonyl (C=O) groups excluding carboxylic acids is 2. The molecule has 0 aliphatic carbocycles. The molecule has 0 heterocycles. The standard InChI is InChI=1S/C19H19N3O3/c1-13(18(23)21-16-9-7-14(12-20)8-10-16)25-19(24)15-5-4-6-17(11-15)22(2)3/h4-11,13H,1-3H3,(H,21,23)/t13-/m1/s1. The molecule has 0 aromatic heterocycles. The number of esters is 1. The second-order valence-electron chi connectivity index (χ2n) is 5.67. The third-order valence-corrected chi connectivity index (χ3v) is 3.53. The molecule has 128 valence electrons. The van der Waals surface area contributed by atoms with Gasteiger partial charge >= 0.3 is 5.97 Å². The molecule has 0 radical (unpaired) electrons. The molecule has 6 heteroatoms. The largest absolute Gasteiger partial charge is 0.449 e. The Morgan fingerprint density at radius 3 is 2.44 bits per heavy atom. The first-order valence-electron chi connectivity index (χ1n) is 7.70. The van der Waals surface area contributed by atoms with Crippen LogP contribution in [0.25, 0.3) is 0 Å². The van der Waals surface area contributed by atoms with Gasteiger partial charge in [-0.15, -0.1) is 0 Å². The number of ether oxygens (including phenoxy) is 1. The summed E-state index contributed by atoms with van der Waals surface area (Å²) in [7, 11) is 3.75. The van der Waals surface area contributed by atoms with Crippen LogP contribution in [0.3, 0.4) is 0 Å². The number of amides is 1. The van der Waals surface area contributed by atoms with Crippen molar-refractivity contribution in [3.63, 3.8) is 0 Å². The molecular formula is C19H19N3O3. The summed E-state index contributed by atoms with van der Waals surface area (Å²) < 4.78 is 5.23. The van der Waals surface area contributed by atoms with E-state index in [-0.39, 0.29) is 0 Å². The predicted octanol–water partition coefficient (Wildman–Crippen LogP) is 2.81. The summed E-state index contributed by atoms with van der Waals surface area (Å²) in [5.74, 6) is -1.01. The van der Waals surface area contributed by atoms with Gasteiger partial charge in [-0.2, -0.15) is 5.26 Å². The second kappa shape index (κ2) is 7.97. The van der Waals surface area contributed by atoms with E-state index in [0.717, 1.165) is 5.69 Å². The molecule has 2 aromatic carbocycles. The van der Waals surface area contributed by atoms with Gasteiger partial charge in [0.1, 0.15) is 0 Å². The van der Waals surface area contributed by atoms with Crippen LogP contribution in [0.4, 0.5) is 11.4 Å². The molecule has 0 spiro atoms. The number of hydrogen-bond acceptors (Lipinski definition) is 5. The minimum Gasteiger partial charge on any atom is -0.449 e. The number of anilines is 2. The van der Waals surface area contributed by atoms with Gasteiger partial charge in [-0.1, -0.05) is 6.07 Å². The molecule has 0 aliphatic rings. The van der Waals surface area contributed by atoms with Crippen LogP contribution < -0.4 is 10.2 Å². The lowest BCUT2D eigenvalue weighted by Crippen LogP contribution is -2.30. The van der Waals surface area contributed by atoms with E-state index in [1.807, 2.05) is 31.1 Å². The first kappa shape index (κ1) is 18.0. The van der Waals surface area contributed by atoms with Crippen molar-refractivity contribution in [2.45, 2.75) is 13.0 Å². The number of hydrogen-bond donors (Lipinski definition) is 1. The molecule has 25 heavy (non-hydrogen) atoms. The summed E-state index contributed by atoms with van der Waals surface area (Å²) in [4.78, 5) is 26.2. The van der Waals surface area contributed by atoms with E-state index in [9.17, 15) is 9.59 Å². The molecule has 1 atom stereocenters. The molecule has 6 nitrogen and oxygen atoms in total. The van der Waals surface area contributed by atoms with Crippen molar-refractivity contribution in [3.05, 3.63) is 59.7 Å². The lowest BCUT2D eigenvalue weighted by Gasteiger charge is -2.15. The molecule has 0 saturated carbocycles. The van der Waals surface area contributed by atoms with Crippen molar-refractivity contribution in [1.29, 1.82) is 5.26 Å². The minimum absolute atomic E-state index is 0.379. The van der Waals surface area contributed by atoms with Crippen molar-refractivity contribution in [2.24, 2.45) is 0 Å². The average molecular weight is 337 g/mol. The normalized spacial score (nSPS) is 11.1. The molecular weight excluding hydrogens is 318 g/mol. The highest BCUT2D eigenvalue weighted by atomic mass is 16.5. The van der Waals surface area contributed by atoms with Crippen LogP contribution in [0.1, 0.15) is 22.8 Å². The first-order valence-corrected chi connectivity index (χ1v) is 7.70. The Morgan fingerprint density at radius 1 is 1.16 bits per heavy atom. The molecule has 0 unspecified atom stereocenters. The number of rotatable bonds is 5. The topological polar surface area (TPSA) is 82.4 Å². The molecule has 1 amide bonds. The van der Waals surface area contributed by atoms with Gasteiger partial charge in [-0.05, 0) is 49.4 Å². The van der Waals surface area contributed by atoms with E-state index >= 15 is 0 Å². The summed E-state index contributed by atoms with van der Waals surface area (Å²) in [5.41, 5.74) is 2.27. The highest BCUT2D eigenvalue weighted by molar-refractivity contribution is 5.97. The zero-order chi connectivity index (χ0) is 18.4. The Labute approximate surface area is 146 Å². The summed E-state index contributed by atoms with van der Waals surface area (Å²) in [6.07, 6.45) is -0.953. The van der Waals surface area contributed by atoms with E-state index in [1.165, 1.54) is 6.92 Å². The van der Waals surface area contributed by atoms with Crippen LogP contribution >= 0.6 is 0 Å². The van der Waals surface area contributed by atoms with Gasteiger partial charge < -0.3 is 15.0 Å². The number of benzene rings is 2. The van der Waals surface area contributed by atoms with E-state index in [0.29, 0.717) is 16.8 Å². The maximum absolute atomic E-state index is 12.2. The van der Waals surface area contributed by atoms with Gasteiger partial charge in [0.2, 0.25) is 0 Å². The molecule has 0 aliphatic heterocycles. The van der Waals surface area contributed by atoms with Crippen LogP contribution in [0.15, 0.2) is 48.5 Å². The van der Waals surface area contributed by atoms with Crippen LogP contribution in [0.2, 0.25) is 0 Å². The third kappa shape index (κ3) is 4.82. The summed E-state index contributed by atoms with van der Waals surface area (Å²) in [6, 6.07) is 15.4. The van der Waals surface area contributed by atoms with Crippen molar-refractivity contribution < 1.29 is 14.3 Å². The number of nitrogens with zero attached hydrogens (tertiary/aromatic N) is 2. The molecule has 0 fully saturated rings. The first-order chi connectivity index (χ1) is 11.9. The summed E-state index contributed by atoms with van der Waals surface area (Å²) in [5, 5.41) is 11.4. The number of nitriles is 1. The maximum Gasteiger partial charge on any atom is 0.338 e. The fraction of sp³-hybridized carbons (Fsp3) is 0.211. The van der Waals surface area contributed by atoms with Crippen LogP contribution in [0, 0.1) is 11.3 Å². The van der Waals surface area contributed by atoms with Gasteiger partial charge in [-0.3, -0.25) is 4.79 Å². The molecule has 0 bridgehead atoms. The SMILES string of the molecule is C[C@@H](OC(=O)c1cccc(N(C)C)c1)C(=O)Nc1ccc(C#N)cc1. The number of carbonyl (C=O) groups is 2. The van der Waals surface area contributed by atoms with Gasteiger partial charge in [0.05, 0.1) is 17.2 Å². The van der Waals surface area contributed by atoms with Gasteiger partial charge in [0, 0.05) is 25.5 Å². The summed E-state index contributed by atoms with van der Waals surface area (Å²) >= 11 is 0. The zero-order valence-electron chi connectivity index (χ0n) is 14.3. The van der Waals surface area contributed by atoms with E-state index in [1.54, 1.807) is 42.5 Å². The van der Waals surface area contributed by atoms with E-state index < -0.39 is 18.0 Å². The Morgan fingerprint density at radius 2 is 1.84 bits per heavy atom. The van der Waals surface area contributed by atoms with E-state index in [4.69, 9.17) is 10.00 Å². The molecule has 2 rings (SSSR count). The quantitative estimate of drug-likeness (QED) is 0.848. The molecule has 1 N–H and O–H groups in total. The molecule has 0 saturated heterocycles. The Hall–Kier alpha value is -3.33. The van der Waals surface area contributed by atoms with Crippen LogP contribution in [0.5, 0.6) is 0 Å². The third-order valence-electron chi connectivity index (χ3n) is 3.53. The van der Waals surface area contributed by atoms with Gasteiger partial charge in [0.25, 0.3) is 5.91 Å².